The number of hydrogen-bond acceptors (Lipinski definition) is 8. The normalized spacial score (nSPS) is 17.7. The van der Waals surface area contributed by atoms with E-state index in [2.05, 4.69) is 4.90 Å². The standard InChI is InChI=1S/C29H31F4N5O4S/c1-4-41-25(39)18-36-11-9-35(10-12-36)13-14-42-24-8-7-21(16-23(24)30)38-27(43)37(26(40)28(38,2)3)20-6-5-19(17-34)22(15-20)29(31,32)33/h5-8,15-16H,4,9-14,18H2,1-3H3. The molecule has 43 heavy (non-hydrogen) atoms. The fourth-order valence-electron chi connectivity index (χ4n) is 5.05. The Kier molecular flexibility index (Phi) is 9.58. The van der Waals surface area contributed by atoms with Gasteiger partial charge in [-0.25, -0.2) is 4.39 Å². The van der Waals surface area contributed by atoms with Gasteiger partial charge < -0.3 is 14.4 Å². The van der Waals surface area contributed by atoms with Crippen molar-refractivity contribution in [3.05, 3.63) is 53.3 Å². The van der Waals surface area contributed by atoms with Crippen molar-refractivity contribution in [1.29, 1.82) is 5.26 Å². The molecule has 2 saturated heterocycles. The number of carbonyl (C=O) groups excluding carboxylic acids is 2. The van der Waals surface area contributed by atoms with Crippen molar-refractivity contribution < 1.29 is 36.6 Å². The lowest BCUT2D eigenvalue weighted by atomic mass is 10.0. The van der Waals surface area contributed by atoms with Gasteiger partial charge in [0, 0.05) is 44.5 Å². The van der Waals surface area contributed by atoms with Crippen LogP contribution in [0.15, 0.2) is 36.4 Å². The van der Waals surface area contributed by atoms with Gasteiger partial charge >= 0.3 is 12.1 Å². The summed E-state index contributed by atoms with van der Waals surface area (Å²) in [6.07, 6.45) is -4.82. The molecule has 14 heteroatoms. The van der Waals surface area contributed by atoms with E-state index >= 15 is 4.39 Å². The summed E-state index contributed by atoms with van der Waals surface area (Å²) in [6, 6.07) is 8.52. The lowest BCUT2D eigenvalue weighted by Crippen LogP contribution is -2.49. The van der Waals surface area contributed by atoms with Crippen LogP contribution < -0.4 is 14.5 Å². The molecule has 1 amide bonds. The van der Waals surface area contributed by atoms with Crippen molar-refractivity contribution in [2.24, 2.45) is 0 Å². The Morgan fingerprint density at radius 2 is 1.72 bits per heavy atom. The Hall–Kier alpha value is -3.80. The Bertz CT molecular complexity index is 1440. The highest BCUT2D eigenvalue weighted by atomic mass is 32.1. The lowest BCUT2D eigenvalue weighted by Gasteiger charge is -2.33. The number of piperazine rings is 1. The summed E-state index contributed by atoms with van der Waals surface area (Å²) < 4.78 is 66.5. The monoisotopic (exact) mass is 621 g/mol. The maximum atomic E-state index is 15.2. The van der Waals surface area contributed by atoms with E-state index in [0.717, 1.165) is 30.1 Å². The van der Waals surface area contributed by atoms with Gasteiger partial charge in [-0.1, -0.05) is 0 Å². The number of benzene rings is 2. The third kappa shape index (κ3) is 6.90. The van der Waals surface area contributed by atoms with Gasteiger partial charge in [-0.3, -0.25) is 24.3 Å². The number of rotatable bonds is 9. The van der Waals surface area contributed by atoms with Crippen LogP contribution in [-0.2, 0) is 20.5 Å². The van der Waals surface area contributed by atoms with Gasteiger partial charge in [0.2, 0.25) is 0 Å². The predicted molar refractivity (Wildman–Crippen MR) is 154 cm³/mol. The van der Waals surface area contributed by atoms with Crippen LogP contribution in [0.3, 0.4) is 0 Å². The topological polar surface area (TPSA) is 89.3 Å². The smallest absolute Gasteiger partial charge is 0.417 e. The van der Waals surface area contributed by atoms with Gasteiger partial charge in [-0.2, -0.15) is 18.4 Å². The van der Waals surface area contributed by atoms with Crippen LogP contribution in [0.2, 0.25) is 0 Å². The first kappa shape index (κ1) is 32.1. The summed E-state index contributed by atoms with van der Waals surface area (Å²) in [7, 11) is 0. The second-order valence-corrected chi connectivity index (χ2v) is 10.9. The number of esters is 1. The number of halogens is 4. The zero-order chi connectivity index (χ0) is 31.5. The highest BCUT2D eigenvalue weighted by molar-refractivity contribution is 7.81. The van der Waals surface area contributed by atoms with Gasteiger partial charge in [0.25, 0.3) is 5.91 Å². The summed E-state index contributed by atoms with van der Waals surface area (Å²) in [4.78, 5) is 31.5. The molecule has 2 aliphatic heterocycles. The van der Waals surface area contributed by atoms with E-state index in [9.17, 15) is 22.8 Å². The summed E-state index contributed by atoms with van der Waals surface area (Å²) in [5.74, 6) is -1.56. The van der Waals surface area contributed by atoms with Crippen LogP contribution in [0.1, 0.15) is 31.9 Å². The van der Waals surface area contributed by atoms with Gasteiger partial charge in [-0.05, 0) is 63.3 Å². The number of thiocarbonyl (C=S) groups is 1. The Morgan fingerprint density at radius 3 is 2.33 bits per heavy atom. The molecule has 0 aliphatic carbocycles. The molecule has 0 atom stereocenters. The molecule has 2 aromatic rings. The summed E-state index contributed by atoms with van der Waals surface area (Å²) >= 11 is 5.51. The van der Waals surface area contributed by atoms with Crippen molar-refractivity contribution in [3.8, 4) is 11.8 Å². The Morgan fingerprint density at radius 1 is 1.07 bits per heavy atom. The third-order valence-electron chi connectivity index (χ3n) is 7.32. The number of ether oxygens (including phenoxy) is 2. The fourth-order valence-corrected chi connectivity index (χ4v) is 5.57. The molecule has 2 fully saturated rings. The minimum absolute atomic E-state index is 0.00212. The quantitative estimate of drug-likeness (QED) is 0.232. The van der Waals surface area contributed by atoms with Gasteiger partial charge in [0.05, 0.1) is 36.0 Å². The third-order valence-corrected chi connectivity index (χ3v) is 7.68. The SMILES string of the molecule is CCOC(=O)CN1CCN(CCOc2ccc(N3C(=S)N(c4ccc(C#N)c(C(F)(F)F)c4)C(=O)C3(C)C)cc2F)CC1. The summed E-state index contributed by atoms with van der Waals surface area (Å²) in [5, 5.41) is 8.97. The fraction of sp³-hybridized carbons (Fsp3) is 0.448. The molecule has 230 valence electrons. The highest BCUT2D eigenvalue weighted by Gasteiger charge is 2.51. The average molecular weight is 622 g/mol. The number of alkyl halides is 3. The average Bonchev–Trinajstić information content (AvgIpc) is 3.12. The van der Waals surface area contributed by atoms with Crippen LogP contribution in [0, 0.1) is 17.1 Å². The van der Waals surface area contributed by atoms with Crippen LogP contribution in [0.5, 0.6) is 5.75 Å². The van der Waals surface area contributed by atoms with Gasteiger partial charge in [0.15, 0.2) is 16.7 Å². The largest absolute Gasteiger partial charge is 0.489 e. The molecule has 0 saturated carbocycles. The lowest BCUT2D eigenvalue weighted by molar-refractivity contribution is -0.145. The second-order valence-electron chi connectivity index (χ2n) is 10.5. The molecular weight excluding hydrogens is 590 g/mol. The maximum Gasteiger partial charge on any atom is 0.417 e. The number of hydrogen-bond donors (Lipinski definition) is 0. The summed E-state index contributed by atoms with van der Waals surface area (Å²) in [5.41, 5.74) is -3.06. The first-order valence-corrected chi connectivity index (χ1v) is 14.0. The first-order valence-electron chi connectivity index (χ1n) is 13.6. The molecule has 2 aliphatic rings. The molecule has 2 heterocycles. The van der Waals surface area contributed by atoms with Crippen molar-refractivity contribution in [1.82, 2.24) is 9.80 Å². The number of anilines is 2. The molecule has 0 N–H and O–H groups in total. The minimum atomic E-state index is -4.82. The Balaban J connectivity index is 1.42. The molecule has 0 spiro atoms. The van der Waals surface area contributed by atoms with E-state index in [-0.39, 0.29) is 41.4 Å². The van der Waals surface area contributed by atoms with Gasteiger partial charge in [-0.15, -0.1) is 0 Å². The molecule has 0 radical (unpaired) electrons. The molecule has 4 rings (SSSR count). The molecule has 0 aromatic heterocycles. The zero-order valence-corrected chi connectivity index (χ0v) is 24.7. The number of carbonyl (C=O) groups is 2. The van der Waals surface area contributed by atoms with Crippen LogP contribution in [0.4, 0.5) is 28.9 Å². The minimum Gasteiger partial charge on any atom is -0.489 e. The number of nitriles is 1. The van der Waals surface area contributed by atoms with Crippen molar-refractivity contribution in [3.63, 3.8) is 0 Å². The zero-order valence-electron chi connectivity index (χ0n) is 23.9. The number of amides is 1. The first-order chi connectivity index (χ1) is 20.3. The van der Waals surface area contributed by atoms with E-state index in [1.807, 2.05) is 4.90 Å². The number of nitrogens with zero attached hydrogens (tertiary/aromatic N) is 5. The van der Waals surface area contributed by atoms with E-state index in [0.29, 0.717) is 32.3 Å². The molecule has 0 bridgehead atoms. The summed E-state index contributed by atoms with van der Waals surface area (Å²) in [6.45, 7) is 9.03. The molecule has 9 nitrogen and oxygen atoms in total. The van der Waals surface area contributed by atoms with Crippen molar-refractivity contribution >= 4 is 40.6 Å². The second kappa shape index (κ2) is 12.8. The van der Waals surface area contributed by atoms with E-state index in [1.54, 1.807) is 6.92 Å². The maximum absolute atomic E-state index is 15.2. The van der Waals surface area contributed by atoms with Crippen molar-refractivity contribution in [2.45, 2.75) is 32.5 Å². The van der Waals surface area contributed by atoms with Crippen LogP contribution >= 0.6 is 12.2 Å². The Labute approximate surface area is 252 Å². The van der Waals surface area contributed by atoms with Crippen LogP contribution in [0.25, 0.3) is 0 Å². The van der Waals surface area contributed by atoms with E-state index in [4.69, 9.17) is 27.0 Å². The predicted octanol–water partition coefficient (Wildman–Crippen LogP) is 4.19. The van der Waals surface area contributed by atoms with E-state index < -0.39 is 34.6 Å². The van der Waals surface area contributed by atoms with Crippen molar-refractivity contribution in [2.75, 3.05) is 62.3 Å². The highest BCUT2D eigenvalue weighted by Crippen LogP contribution is 2.40. The molecular formula is C29H31F4N5O4S. The van der Waals surface area contributed by atoms with Crippen LogP contribution in [-0.4, -0.2) is 84.8 Å². The van der Waals surface area contributed by atoms with Gasteiger partial charge in [0.1, 0.15) is 12.1 Å². The van der Waals surface area contributed by atoms with E-state index in [1.165, 1.54) is 43.0 Å². The molecule has 2 aromatic carbocycles. The molecule has 0 unspecified atom stereocenters.